The number of halogens is 1. The predicted molar refractivity (Wildman–Crippen MR) is 118 cm³/mol. The second-order valence-electron chi connectivity index (χ2n) is 6.32. The number of nitrogens with zero attached hydrogens (tertiary/aromatic N) is 1. The van der Waals surface area contributed by atoms with E-state index in [1.165, 1.54) is 0 Å². The Morgan fingerprint density at radius 2 is 1.93 bits per heavy atom. The maximum Gasteiger partial charge on any atom is 0.255 e. The molecule has 0 saturated carbocycles. The Bertz CT molecular complexity index is 1150. The van der Waals surface area contributed by atoms with Crippen LogP contribution in [0.15, 0.2) is 65.1 Å². The SMILES string of the molecule is COc1ccc(C(=O)Nc2cc(-c3nc4ccccc4s3)ccc2C)cc1Br. The first-order valence-electron chi connectivity index (χ1n) is 8.66. The molecule has 4 rings (SSSR count). The second-order valence-corrected chi connectivity index (χ2v) is 8.20. The Kier molecular flexibility index (Phi) is 5.15. The molecule has 0 fully saturated rings. The lowest BCUT2D eigenvalue weighted by molar-refractivity contribution is 0.102. The summed E-state index contributed by atoms with van der Waals surface area (Å²) in [5, 5.41) is 3.95. The van der Waals surface area contributed by atoms with Crippen LogP contribution >= 0.6 is 27.3 Å². The molecule has 4 nitrogen and oxygen atoms in total. The van der Waals surface area contributed by atoms with Crippen molar-refractivity contribution >= 4 is 49.1 Å². The van der Waals surface area contributed by atoms with Crippen LogP contribution < -0.4 is 10.1 Å². The van der Waals surface area contributed by atoms with Gasteiger partial charge < -0.3 is 10.1 Å². The highest BCUT2D eigenvalue weighted by atomic mass is 79.9. The molecule has 0 atom stereocenters. The Morgan fingerprint density at radius 3 is 2.68 bits per heavy atom. The number of para-hydroxylation sites is 1. The van der Waals surface area contributed by atoms with Crippen molar-refractivity contribution in [2.45, 2.75) is 6.92 Å². The summed E-state index contributed by atoms with van der Waals surface area (Å²) in [6.07, 6.45) is 0. The molecule has 28 heavy (non-hydrogen) atoms. The normalized spacial score (nSPS) is 10.8. The third-order valence-electron chi connectivity index (χ3n) is 4.44. The van der Waals surface area contributed by atoms with E-state index in [2.05, 4.69) is 27.3 Å². The van der Waals surface area contributed by atoms with Crippen molar-refractivity contribution in [3.8, 4) is 16.3 Å². The summed E-state index contributed by atoms with van der Waals surface area (Å²) >= 11 is 5.06. The van der Waals surface area contributed by atoms with E-state index in [0.717, 1.165) is 36.5 Å². The van der Waals surface area contributed by atoms with Crippen LogP contribution in [0.2, 0.25) is 0 Å². The monoisotopic (exact) mass is 452 g/mol. The van der Waals surface area contributed by atoms with Gasteiger partial charge in [-0.25, -0.2) is 4.98 Å². The number of fused-ring (bicyclic) bond motifs is 1. The van der Waals surface area contributed by atoms with Crippen molar-refractivity contribution in [1.82, 2.24) is 4.98 Å². The fourth-order valence-electron chi connectivity index (χ4n) is 2.89. The summed E-state index contributed by atoms with van der Waals surface area (Å²) in [6, 6.07) is 19.3. The van der Waals surface area contributed by atoms with Crippen LogP contribution in [0, 0.1) is 6.92 Å². The number of anilines is 1. The molecule has 0 saturated heterocycles. The maximum atomic E-state index is 12.7. The Balaban J connectivity index is 1.63. The van der Waals surface area contributed by atoms with E-state index in [1.807, 2.05) is 43.3 Å². The van der Waals surface area contributed by atoms with Gasteiger partial charge in [0.15, 0.2) is 0 Å². The van der Waals surface area contributed by atoms with Gasteiger partial charge in [0.2, 0.25) is 0 Å². The van der Waals surface area contributed by atoms with Gasteiger partial charge in [0, 0.05) is 16.8 Å². The lowest BCUT2D eigenvalue weighted by Gasteiger charge is -2.11. The zero-order valence-corrected chi connectivity index (χ0v) is 17.7. The number of thiazole rings is 1. The van der Waals surface area contributed by atoms with Gasteiger partial charge in [0.25, 0.3) is 5.91 Å². The van der Waals surface area contributed by atoms with Crippen LogP contribution in [0.4, 0.5) is 5.69 Å². The zero-order chi connectivity index (χ0) is 19.7. The Labute approximate surface area is 175 Å². The van der Waals surface area contributed by atoms with Crippen molar-refractivity contribution in [3.63, 3.8) is 0 Å². The Morgan fingerprint density at radius 1 is 1.11 bits per heavy atom. The van der Waals surface area contributed by atoms with Gasteiger partial charge in [-0.05, 0) is 64.8 Å². The lowest BCUT2D eigenvalue weighted by atomic mass is 10.1. The zero-order valence-electron chi connectivity index (χ0n) is 15.3. The standard InChI is InChI=1S/C22H17BrN2O2S/c1-13-7-8-15(22-25-17-5-3-4-6-20(17)28-22)12-18(13)24-21(26)14-9-10-19(27-2)16(23)11-14/h3-12H,1-2H3,(H,24,26). The molecule has 3 aromatic carbocycles. The number of methoxy groups -OCH3 is 1. The number of nitrogens with one attached hydrogen (secondary N) is 1. The number of rotatable bonds is 4. The van der Waals surface area contributed by atoms with Crippen LogP contribution in [-0.2, 0) is 0 Å². The first kappa shape index (κ1) is 18.7. The molecular weight excluding hydrogens is 436 g/mol. The molecule has 0 aliphatic carbocycles. The molecule has 1 heterocycles. The molecule has 6 heteroatoms. The summed E-state index contributed by atoms with van der Waals surface area (Å²) < 4.78 is 7.11. The molecular formula is C22H17BrN2O2S. The molecule has 0 bridgehead atoms. The van der Waals surface area contributed by atoms with E-state index in [9.17, 15) is 4.79 Å². The van der Waals surface area contributed by atoms with Gasteiger partial charge >= 0.3 is 0 Å². The van der Waals surface area contributed by atoms with E-state index in [-0.39, 0.29) is 5.91 Å². The minimum Gasteiger partial charge on any atom is -0.496 e. The third-order valence-corrected chi connectivity index (χ3v) is 6.15. The minimum absolute atomic E-state index is 0.173. The van der Waals surface area contributed by atoms with E-state index in [1.54, 1.807) is 36.6 Å². The molecule has 0 aliphatic heterocycles. The summed E-state index contributed by atoms with van der Waals surface area (Å²) in [4.78, 5) is 17.4. The average Bonchev–Trinajstić information content (AvgIpc) is 3.13. The fraction of sp³-hybridized carbons (Fsp3) is 0.0909. The largest absolute Gasteiger partial charge is 0.496 e. The highest BCUT2D eigenvalue weighted by Gasteiger charge is 2.13. The van der Waals surface area contributed by atoms with Gasteiger partial charge in [0.05, 0.1) is 21.8 Å². The van der Waals surface area contributed by atoms with E-state index >= 15 is 0 Å². The number of carbonyl (C=O) groups excluding carboxylic acids is 1. The van der Waals surface area contributed by atoms with Crippen LogP contribution in [0.3, 0.4) is 0 Å². The fourth-order valence-corrected chi connectivity index (χ4v) is 4.39. The van der Waals surface area contributed by atoms with E-state index in [0.29, 0.717) is 11.3 Å². The van der Waals surface area contributed by atoms with Crippen molar-refractivity contribution in [3.05, 3.63) is 76.3 Å². The third kappa shape index (κ3) is 3.66. The summed E-state index contributed by atoms with van der Waals surface area (Å²) in [5.74, 6) is 0.512. The number of amides is 1. The van der Waals surface area contributed by atoms with E-state index in [4.69, 9.17) is 9.72 Å². The van der Waals surface area contributed by atoms with E-state index < -0.39 is 0 Å². The quantitative estimate of drug-likeness (QED) is 0.395. The molecule has 1 amide bonds. The first-order valence-corrected chi connectivity index (χ1v) is 10.3. The number of hydrogen-bond donors (Lipinski definition) is 1. The van der Waals surface area contributed by atoms with Crippen LogP contribution in [0.1, 0.15) is 15.9 Å². The van der Waals surface area contributed by atoms with Gasteiger partial charge in [-0.2, -0.15) is 0 Å². The van der Waals surface area contributed by atoms with Gasteiger partial charge in [-0.1, -0.05) is 24.3 Å². The minimum atomic E-state index is -0.173. The molecule has 140 valence electrons. The topological polar surface area (TPSA) is 51.2 Å². The number of benzene rings is 3. The van der Waals surface area contributed by atoms with Gasteiger partial charge in [-0.3, -0.25) is 4.79 Å². The first-order chi connectivity index (χ1) is 13.5. The second kappa shape index (κ2) is 7.73. The predicted octanol–water partition coefficient (Wildman–Crippen LogP) is 6.30. The smallest absolute Gasteiger partial charge is 0.255 e. The summed E-state index contributed by atoms with van der Waals surface area (Å²) in [5.41, 5.74) is 4.28. The van der Waals surface area contributed by atoms with Crippen molar-refractivity contribution in [2.24, 2.45) is 0 Å². The number of aryl methyl sites for hydroxylation is 1. The number of hydrogen-bond acceptors (Lipinski definition) is 4. The summed E-state index contributed by atoms with van der Waals surface area (Å²) in [6.45, 7) is 1.97. The lowest BCUT2D eigenvalue weighted by Crippen LogP contribution is -2.13. The van der Waals surface area contributed by atoms with Crippen molar-refractivity contribution in [1.29, 1.82) is 0 Å². The van der Waals surface area contributed by atoms with Crippen molar-refractivity contribution in [2.75, 3.05) is 12.4 Å². The maximum absolute atomic E-state index is 12.7. The van der Waals surface area contributed by atoms with Gasteiger partial charge in [-0.15, -0.1) is 11.3 Å². The average molecular weight is 453 g/mol. The molecule has 1 N–H and O–H groups in total. The highest BCUT2D eigenvalue weighted by molar-refractivity contribution is 9.10. The highest BCUT2D eigenvalue weighted by Crippen LogP contribution is 2.32. The molecule has 0 spiro atoms. The summed E-state index contributed by atoms with van der Waals surface area (Å²) in [7, 11) is 1.59. The molecule has 1 aromatic heterocycles. The number of ether oxygens (including phenoxy) is 1. The molecule has 4 aromatic rings. The van der Waals surface area contributed by atoms with Crippen LogP contribution in [-0.4, -0.2) is 18.0 Å². The van der Waals surface area contributed by atoms with Gasteiger partial charge in [0.1, 0.15) is 10.8 Å². The number of carbonyl (C=O) groups is 1. The Hall–Kier alpha value is -2.70. The van der Waals surface area contributed by atoms with Crippen molar-refractivity contribution < 1.29 is 9.53 Å². The molecule has 0 aliphatic rings. The number of aromatic nitrogens is 1. The van der Waals surface area contributed by atoms with Crippen LogP contribution in [0.5, 0.6) is 5.75 Å². The molecule has 0 unspecified atom stereocenters. The van der Waals surface area contributed by atoms with Crippen LogP contribution in [0.25, 0.3) is 20.8 Å². The molecule has 0 radical (unpaired) electrons.